The topological polar surface area (TPSA) is 12.9 Å². The van der Waals surface area contributed by atoms with Crippen molar-refractivity contribution in [3.8, 4) is 10.6 Å². The molecule has 16 heavy (non-hydrogen) atoms. The van der Waals surface area contributed by atoms with E-state index in [1.54, 1.807) is 17.4 Å². The van der Waals surface area contributed by atoms with E-state index in [1.165, 1.54) is 0 Å². The zero-order chi connectivity index (χ0) is 11.4. The summed E-state index contributed by atoms with van der Waals surface area (Å²) in [5, 5.41) is 2.05. The largest absolute Gasteiger partial charge is 0.196 e. The predicted molar refractivity (Wildman–Crippen MR) is 69.2 cm³/mol. The number of hydrogen-bond donors (Lipinski definition) is 0. The molecule has 78 valence electrons. The molecule has 0 fully saturated rings. The average molecular weight is 225 g/mol. The maximum Gasteiger partial charge on any atom is 0.0950 e. The minimum absolute atomic E-state index is 0.984. The molecule has 0 radical (unpaired) electrons. The fraction of sp³-hybridized carbons (Fsp3) is 0.0714. The molecule has 0 aliphatic carbocycles. The summed E-state index contributed by atoms with van der Waals surface area (Å²) in [6.45, 7) is 5.70. The van der Waals surface area contributed by atoms with Crippen LogP contribution >= 0.6 is 11.3 Å². The van der Waals surface area contributed by atoms with E-state index in [0.717, 1.165) is 21.7 Å². The Hall–Kier alpha value is -1.85. The Morgan fingerprint density at radius 1 is 1.50 bits per heavy atom. The van der Waals surface area contributed by atoms with Crippen LogP contribution in [0.25, 0.3) is 16.6 Å². The van der Waals surface area contributed by atoms with Crippen LogP contribution in [-0.2, 0) is 0 Å². The number of aromatic nitrogens is 1. The Labute approximate surface area is 99.8 Å². The summed E-state index contributed by atoms with van der Waals surface area (Å²) in [7, 11) is 0. The van der Waals surface area contributed by atoms with Crippen LogP contribution in [0.15, 0.2) is 36.2 Å². The van der Waals surface area contributed by atoms with Crippen molar-refractivity contribution >= 4 is 17.4 Å². The first-order valence-electron chi connectivity index (χ1n) is 4.96. The fourth-order valence-electron chi connectivity index (χ4n) is 1.43. The quantitative estimate of drug-likeness (QED) is 0.721. The first kappa shape index (κ1) is 10.7. The Balaban J connectivity index is 2.48. The van der Waals surface area contributed by atoms with Crippen molar-refractivity contribution in [2.45, 2.75) is 6.92 Å². The van der Waals surface area contributed by atoms with Crippen molar-refractivity contribution < 1.29 is 0 Å². The van der Waals surface area contributed by atoms with Gasteiger partial charge in [-0.25, -0.2) is 0 Å². The van der Waals surface area contributed by atoms with Gasteiger partial charge < -0.3 is 0 Å². The van der Waals surface area contributed by atoms with Gasteiger partial charge in [-0.1, -0.05) is 24.8 Å². The summed E-state index contributed by atoms with van der Waals surface area (Å²) >= 11 is 1.68. The highest BCUT2D eigenvalue weighted by atomic mass is 32.1. The molecule has 2 heteroatoms. The van der Waals surface area contributed by atoms with Crippen LogP contribution in [-0.4, -0.2) is 4.98 Å². The van der Waals surface area contributed by atoms with Crippen LogP contribution in [0, 0.1) is 19.2 Å². The molecular weight excluding hydrogens is 214 g/mol. The fourth-order valence-corrected chi connectivity index (χ4v) is 2.20. The van der Waals surface area contributed by atoms with Crippen molar-refractivity contribution in [3.63, 3.8) is 0 Å². The zero-order valence-electron chi connectivity index (χ0n) is 9.03. The average Bonchev–Trinajstić information content (AvgIpc) is 2.81. The molecule has 0 aromatic carbocycles. The van der Waals surface area contributed by atoms with E-state index in [1.807, 2.05) is 23.6 Å². The number of rotatable bonds is 3. The van der Waals surface area contributed by atoms with E-state index in [-0.39, 0.29) is 0 Å². The van der Waals surface area contributed by atoms with Gasteiger partial charge in [0, 0.05) is 11.8 Å². The summed E-state index contributed by atoms with van der Waals surface area (Å²) in [5.41, 5.74) is 3.12. The molecule has 0 atom stereocenters. The highest BCUT2D eigenvalue weighted by Gasteiger charge is 2.06. The van der Waals surface area contributed by atoms with Crippen molar-refractivity contribution in [2.75, 3.05) is 0 Å². The maximum atomic E-state index is 4.26. The van der Waals surface area contributed by atoms with E-state index in [9.17, 15) is 0 Å². The summed E-state index contributed by atoms with van der Waals surface area (Å²) in [4.78, 5) is 5.42. The van der Waals surface area contributed by atoms with Gasteiger partial charge >= 0.3 is 0 Å². The number of hydrogen-bond acceptors (Lipinski definition) is 2. The van der Waals surface area contributed by atoms with E-state index in [2.05, 4.69) is 36.8 Å². The molecule has 2 aromatic heterocycles. The molecule has 0 spiro atoms. The second-order valence-corrected chi connectivity index (χ2v) is 4.26. The van der Waals surface area contributed by atoms with E-state index in [0.29, 0.717) is 0 Å². The van der Waals surface area contributed by atoms with Crippen LogP contribution in [0.3, 0.4) is 0 Å². The zero-order valence-corrected chi connectivity index (χ0v) is 9.84. The molecular formula is C14H11NS. The third kappa shape index (κ3) is 2.05. The molecule has 0 N–H and O–H groups in total. The van der Waals surface area contributed by atoms with Gasteiger partial charge in [0.25, 0.3) is 0 Å². The molecule has 2 heterocycles. The Morgan fingerprint density at radius 2 is 2.38 bits per heavy atom. The smallest absolute Gasteiger partial charge is 0.0950 e. The first-order chi connectivity index (χ1) is 7.83. The predicted octanol–water partition coefficient (Wildman–Crippen LogP) is 3.92. The second-order valence-electron chi connectivity index (χ2n) is 3.31. The van der Waals surface area contributed by atoms with Crippen LogP contribution in [0.5, 0.6) is 0 Å². The van der Waals surface area contributed by atoms with Crippen molar-refractivity contribution in [3.05, 3.63) is 59.6 Å². The van der Waals surface area contributed by atoms with Crippen molar-refractivity contribution in [1.29, 1.82) is 0 Å². The molecule has 2 aromatic rings. The minimum atomic E-state index is 0.984. The maximum absolute atomic E-state index is 4.26. The van der Waals surface area contributed by atoms with E-state index >= 15 is 0 Å². The van der Waals surface area contributed by atoms with Gasteiger partial charge in [0.15, 0.2) is 0 Å². The number of allylic oxidation sites excluding steroid dienone is 2. The lowest BCUT2D eigenvalue weighted by Crippen LogP contribution is -1.87. The second kappa shape index (κ2) is 4.78. The van der Waals surface area contributed by atoms with Crippen molar-refractivity contribution in [2.24, 2.45) is 0 Å². The lowest BCUT2D eigenvalue weighted by molar-refractivity contribution is 1.29. The Bertz CT molecular complexity index is 510. The van der Waals surface area contributed by atoms with Crippen LogP contribution in [0.1, 0.15) is 11.1 Å². The SMILES string of the molecule is C=C/C=C\c1c#cnc(-c2cccs2)c1C. The lowest BCUT2D eigenvalue weighted by atomic mass is 10.1. The van der Waals surface area contributed by atoms with Gasteiger partial charge in [0.05, 0.1) is 10.6 Å². The standard InChI is InChI=1S/C14H11NS/c1-3-4-6-12-8-9-15-14(11(12)2)13-7-5-10-16-13/h3-7,10H,1H2,2H3/b6-4-. The molecule has 0 aliphatic rings. The molecule has 0 amide bonds. The number of thiophene rings is 1. The third-order valence-corrected chi connectivity index (χ3v) is 3.15. The Kier molecular flexibility index (Phi) is 3.19. The highest BCUT2D eigenvalue weighted by Crippen LogP contribution is 2.26. The summed E-state index contributed by atoms with van der Waals surface area (Å²) in [6.07, 6.45) is 8.43. The molecule has 0 saturated carbocycles. The third-order valence-electron chi connectivity index (χ3n) is 2.27. The van der Waals surface area contributed by atoms with Crippen LogP contribution in [0.4, 0.5) is 0 Å². The first-order valence-corrected chi connectivity index (χ1v) is 5.84. The highest BCUT2D eigenvalue weighted by molar-refractivity contribution is 7.13. The number of nitrogens with zero attached hydrogens (tertiary/aromatic N) is 1. The van der Waals surface area contributed by atoms with Gasteiger partial charge in [-0.05, 0) is 36.1 Å². The monoisotopic (exact) mass is 225 g/mol. The molecule has 0 saturated heterocycles. The van der Waals surface area contributed by atoms with Gasteiger partial charge in [-0.2, -0.15) is 4.98 Å². The van der Waals surface area contributed by atoms with Gasteiger partial charge in [-0.3, -0.25) is 0 Å². The molecule has 0 bridgehead atoms. The van der Waals surface area contributed by atoms with Gasteiger partial charge in [0.2, 0.25) is 0 Å². The lowest BCUT2D eigenvalue weighted by Gasteiger charge is -2.01. The molecule has 1 nitrogen and oxygen atoms in total. The molecule has 0 unspecified atom stereocenters. The normalized spacial score (nSPS) is 10.3. The summed E-state index contributed by atoms with van der Waals surface area (Å²) in [6, 6.07) is 7.10. The van der Waals surface area contributed by atoms with Crippen molar-refractivity contribution in [1.82, 2.24) is 4.98 Å². The van der Waals surface area contributed by atoms with Crippen LogP contribution in [0.2, 0.25) is 0 Å². The van der Waals surface area contributed by atoms with Crippen LogP contribution < -0.4 is 0 Å². The van der Waals surface area contributed by atoms with Gasteiger partial charge in [0.1, 0.15) is 0 Å². The van der Waals surface area contributed by atoms with E-state index in [4.69, 9.17) is 0 Å². The summed E-state index contributed by atoms with van der Waals surface area (Å²) < 4.78 is 0. The van der Waals surface area contributed by atoms with Gasteiger partial charge in [-0.15, -0.1) is 11.3 Å². The summed E-state index contributed by atoms with van der Waals surface area (Å²) in [5.74, 6) is 0. The van der Waals surface area contributed by atoms with E-state index < -0.39 is 0 Å². The molecule has 2 rings (SSSR count). The Morgan fingerprint density at radius 3 is 3.06 bits per heavy atom. The molecule has 0 aliphatic heterocycles. The minimum Gasteiger partial charge on any atom is -0.196 e.